The van der Waals surface area contributed by atoms with Crippen molar-refractivity contribution in [2.24, 2.45) is 7.05 Å². The van der Waals surface area contributed by atoms with Crippen molar-refractivity contribution >= 4 is 57.8 Å². The molecule has 0 aliphatic carbocycles. The van der Waals surface area contributed by atoms with E-state index in [1.54, 1.807) is 18.6 Å². The van der Waals surface area contributed by atoms with Gasteiger partial charge in [-0.25, -0.2) is 8.42 Å². The highest BCUT2D eigenvalue weighted by Crippen LogP contribution is 2.24. The molecule has 0 unspecified atom stereocenters. The number of nitrogens with zero attached hydrogens (tertiary/aromatic N) is 2. The molecule has 1 atom stereocenters. The predicted octanol–water partition coefficient (Wildman–Crippen LogP) is 1.61. The molecule has 12 heteroatoms. The fourth-order valence-corrected chi connectivity index (χ4v) is 4.94. The molecular weight excluding hydrogens is 421 g/mol. The van der Waals surface area contributed by atoms with E-state index >= 15 is 0 Å². The highest BCUT2D eigenvalue weighted by atomic mass is 35.5. The molecule has 1 aliphatic rings. The van der Waals surface area contributed by atoms with E-state index in [0.717, 1.165) is 30.7 Å². The Balaban J connectivity index is 0.00000169. The summed E-state index contributed by atoms with van der Waals surface area (Å²) in [5.41, 5.74) is 0.353. The molecule has 1 amide bonds. The Morgan fingerprint density at radius 1 is 1.42 bits per heavy atom. The van der Waals surface area contributed by atoms with Crippen LogP contribution in [-0.2, 0) is 17.1 Å². The number of aromatic nitrogens is 2. The molecule has 0 spiro atoms. The second kappa shape index (κ2) is 9.56. The Bertz CT molecular complexity index is 831. The summed E-state index contributed by atoms with van der Waals surface area (Å²) in [7, 11) is -2.15. The first-order chi connectivity index (χ1) is 11.5. The van der Waals surface area contributed by atoms with Crippen LogP contribution in [0.15, 0.2) is 28.7 Å². The molecule has 2 aromatic heterocycles. The lowest BCUT2D eigenvalue weighted by molar-refractivity contribution is 0.0932. The summed E-state index contributed by atoms with van der Waals surface area (Å²) in [6.45, 7) is 1.65. The van der Waals surface area contributed by atoms with Crippen LogP contribution in [0.5, 0.6) is 0 Å². The number of halogens is 2. The minimum atomic E-state index is -3.84. The number of anilines is 1. The number of carbonyl (C=O) groups is 1. The zero-order valence-corrected chi connectivity index (χ0v) is 17.2. The van der Waals surface area contributed by atoms with E-state index in [1.165, 1.54) is 16.9 Å². The van der Waals surface area contributed by atoms with Gasteiger partial charge in [0.25, 0.3) is 15.9 Å². The highest BCUT2D eigenvalue weighted by molar-refractivity contribution is 7.93. The second-order valence-electron chi connectivity index (χ2n) is 5.64. The third-order valence-corrected chi connectivity index (χ3v) is 6.18. The number of carbonyl (C=O) groups excluding carboxylic acids is 1. The third-order valence-electron chi connectivity index (χ3n) is 3.71. The van der Waals surface area contributed by atoms with Crippen LogP contribution in [0.3, 0.4) is 0 Å². The van der Waals surface area contributed by atoms with Crippen LogP contribution in [0.4, 0.5) is 5.69 Å². The zero-order valence-electron chi connectivity index (χ0n) is 14.0. The molecule has 26 heavy (non-hydrogen) atoms. The van der Waals surface area contributed by atoms with Crippen LogP contribution in [0.2, 0.25) is 0 Å². The number of hydrogen-bond acceptors (Lipinski definition) is 6. The summed E-state index contributed by atoms with van der Waals surface area (Å²) in [5.74, 6) is -0.356. The number of sulfonamides is 1. The molecule has 3 heterocycles. The van der Waals surface area contributed by atoms with Gasteiger partial charge in [-0.2, -0.15) is 5.10 Å². The zero-order chi connectivity index (χ0) is 17.2. The van der Waals surface area contributed by atoms with Crippen LogP contribution >= 0.6 is 36.2 Å². The molecule has 8 nitrogen and oxygen atoms in total. The molecule has 1 fully saturated rings. The number of thiophene rings is 1. The van der Waals surface area contributed by atoms with Gasteiger partial charge in [-0.1, -0.05) is 0 Å². The Morgan fingerprint density at radius 3 is 2.81 bits per heavy atom. The number of piperidine rings is 1. The molecule has 1 aliphatic heterocycles. The van der Waals surface area contributed by atoms with Crippen LogP contribution < -0.4 is 15.4 Å². The monoisotopic (exact) mass is 441 g/mol. The Kier molecular flexibility index (Phi) is 8.35. The van der Waals surface area contributed by atoms with Gasteiger partial charge in [0.15, 0.2) is 0 Å². The lowest BCUT2D eigenvalue weighted by Crippen LogP contribution is -2.45. The van der Waals surface area contributed by atoms with Gasteiger partial charge >= 0.3 is 0 Å². The maximum absolute atomic E-state index is 12.6. The van der Waals surface area contributed by atoms with Gasteiger partial charge in [-0.05, 0) is 30.8 Å². The average Bonchev–Trinajstić information content (AvgIpc) is 3.17. The summed E-state index contributed by atoms with van der Waals surface area (Å²) in [4.78, 5) is 12.6. The first-order valence-corrected chi connectivity index (χ1v) is 9.92. The van der Waals surface area contributed by atoms with Crippen LogP contribution in [0.25, 0.3) is 0 Å². The van der Waals surface area contributed by atoms with Crippen molar-refractivity contribution < 1.29 is 13.2 Å². The molecule has 2 aromatic rings. The van der Waals surface area contributed by atoms with Crippen molar-refractivity contribution in [2.45, 2.75) is 23.8 Å². The van der Waals surface area contributed by atoms with E-state index < -0.39 is 10.0 Å². The summed E-state index contributed by atoms with van der Waals surface area (Å²) in [6, 6.07) is 1.47. The fourth-order valence-electron chi connectivity index (χ4n) is 2.58. The average molecular weight is 442 g/mol. The number of aryl methyl sites for hydroxylation is 1. The SMILES string of the molecule is Cl.Cl.Cn1cc(NS(=O)(=O)c2ccsc2C(=O)N[C@H]2CCCNC2)cn1. The standard InChI is InChI=1S/C14H19N5O3S2.2ClH/c1-19-9-11(8-16-19)18-24(21,22)12-4-6-23-13(12)14(20)17-10-3-2-5-15-7-10;;/h4,6,8-10,15,18H,2-3,5,7H2,1H3,(H,17,20);2*1H/t10-;;/m0../s1. The number of amides is 1. The van der Waals surface area contributed by atoms with E-state index in [1.807, 2.05) is 0 Å². The molecule has 3 N–H and O–H groups in total. The maximum Gasteiger partial charge on any atom is 0.263 e. The van der Waals surface area contributed by atoms with Crippen LogP contribution in [0.1, 0.15) is 22.5 Å². The van der Waals surface area contributed by atoms with Gasteiger partial charge in [0.05, 0.1) is 11.9 Å². The van der Waals surface area contributed by atoms with Crippen molar-refractivity contribution in [2.75, 3.05) is 17.8 Å². The number of hydrogen-bond donors (Lipinski definition) is 3. The van der Waals surface area contributed by atoms with Crippen molar-refractivity contribution in [3.63, 3.8) is 0 Å². The number of nitrogens with one attached hydrogen (secondary N) is 3. The third kappa shape index (κ3) is 5.34. The second-order valence-corrected chi connectivity index (χ2v) is 8.21. The fraction of sp³-hybridized carbons (Fsp3) is 0.429. The van der Waals surface area contributed by atoms with Gasteiger partial charge in [0, 0.05) is 25.8 Å². The van der Waals surface area contributed by atoms with Crippen LogP contribution in [0, 0.1) is 0 Å². The Morgan fingerprint density at radius 2 is 2.19 bits per heavy atom. The quantitative estimate of drug-likeness (QED) is 0.653. The topological polar surface area (TPSA) is 105 Å². The minimum Gasteiger partial charge on any atom is -0.347 e. The van der Waals surface area contributed by atoms with Gasteiger partial charge in [0.1, 0.15) is 9.77 Å². The lowest BCUT2D eigenvalue weighted by atomic mass is 10.1. The largest absolute Gasteiger partial charge is 0.347 e. The molecule has 0 aromatic carbocycles. The summed E-state index contributed by atoms with van der Waals surface area (Å²) in [5, 5.41) is 11.6. The van der Waals surface area contributed by atoms with Gasteiger partial charge in [-0.3, -0.25) is 14.2 Å². The van der Waals surface area contributed by atoms with E-state index in [0.29, 0.717) is 12.2 Å². The molecule has 3 rings (SSSR count). The summed E-state index contributed by atoms with van der Waals surface area (Å²) in [6.07, 6.45) is 4.85. The Hall–Kier alpha value is -1.33. The molecule has 1 saturated heterocycles. The molecule has 146 valence electrons. The lowest BCUT2D eigenvalue weighted by Gasteiger charge is -2.23. The van der Waals surface area contributed by atoms with E-state index in [4.69, 9.17) is 0 Å². The van der Waals surface area contributed by atoms with Crippen molar-refractivity contribution in [1.82, 2.24) is 20.4 Å². The maximum atomic E-state index is 12.6. The highest BCUT2D eigenvalue weighted by Gasteiger charge is 2.26. The van der Waals surface area contributed by atoms with E-state index in [2.05, 4.69) is 20.5 Å². The smallest absolute Gasteiger partial charge is 0.263 e. The summed E-state index contributed by atoms with van der Waals surface area (Å²) >= 11 is 1.12. The van der Waals surface area contributed by atoms with E-state index in [-0.39, 0.29) is 46.5 Å². The van der Waals surface area contributed by atoms with Crippen molar-refractivity contribution in [1.29, 1.82) is 0 Å². The molecular formula is C14H21Cl2N5O3S2. The molecule has 0 radical (unpaired) electrons. The van der Waals surface area contributed by atoms with Gasteiger partial charge in [0.2, 0.25) is 0 Å². The normalized spacial score (nSPS) is 16.9. The molecule has 0 saturated carbocycles. The van der Waals surface area contributed by atoms with Crippen LogP contribution in [-0.4, -0.2) is 43.2 Å². The first kappa shape index (κ1) is 22.7. The minimum absolute atomic E-state index is 0. The molecule has 0 bridgehead atoms. The first-order valence-electron chi connectivity index (χ1n) is 7.56. The number of rotatable bonds is 5. The van der Waals surface area contributed by atoms with Crippen molar-refractivity contribution in [3.05, 3.63) is 28.7 Å². The Labute approximate surface area is 168 Å². The van der Waals surface area contributed by atoms with Gasteiger partial charge < -0.3 is 10.6 Å². The van der Waals surface area contributed by atoms with Crippen molar-refractivity contribution in [3.8, 4) is 0 Å². The van der Waals surface area contributed by atoms with E-state index in [9.17, 15) is 13.2 Å². The predicted molar refractivity (Wildman–Crippen MR) is 106 cm³/mol. The summed E-state index contributed by atoms with van der Waals surface area (Å²) < 4.78 is 29.1. The van der Waals surface area contributed by atoms with Gasteiger partial charge in [-0.15, -0.1) is 36.2 Å².